The third-order valence-corrected chi connectivity index (χ3v) is 12.5. The largest absolute Gasteiger partial charge is 0.393 e. The van der Waals surface area contributed by atoms with Crippen molar-refractivity contribution in [2.24, 2.45) is 53.4 Å². The van der Waals surface area contributed by atoms with Crippen LogP contribution in [0.25, 0.3) is 10.9 Å². The van der Waals surface area contributed by atoms with E-state index in [1.54, 1.807) is 0 Å². The molecule has 4 aliphatic rings. The average Bonchev–Trinajstić information content (AvgIpc) is 3.46. The Morgan fingerprint density at radius 2 is 1.87 bits per heavy atom. The molecule has 0 radical (unpaired) electrons. The number of aliphatic hydroxyl groups is 3. The molecule has 0 bridgehead atoms. The van der Waals surface area contributed by atoms with Crippen LogP contribution in [-0.2, 0) is 11.8 Å². The maximum Gasteiger partial charge on any atom is 0.224 e. The van der Waals surface area contributed by atoms with Crippen LogP contribution in [0.5, 0.6) is 0 Å². The zero-order valence-electron chi connectivity index (χ0n) is 24.1. The van der Waals surface area contributed by atoms with Crippen LogP contribution in [-0.4, -0.2) is 44.1 Å². The molecular formula is C33H48N2O4. The fourth-order valence-electron chi connectivity index (χ4n) is 10.3. The van der Waals surface area contributed by atoms with E-state index in [-0.39, 0.29) is 34.9 Å². The Bertz CT molecular complexity index is 1230. The number of hydrogen-bond acceptors (Lipinski definition) is 4. The van der Waals surface area contributed by atoms with E-state index in [9.17, 15) is 20.1 Å². The van der Waals surface area contributed by atoms with Gasteiger partial charge in [-0.2, -0.15) is 0 Å². The lowest BCUT2D eigenvalue weighted by molar-refractivity contribution is -0.207. The van der Waals surface area contributed by atoms with Crippen molar-refractivity contribution in [1.82, 2.24) is 4.57 Å². The Hall–Kier alpha value is -1.89. The summed E-state index contributed by atoms with van der Waals surface area (Å²) >= 11 is 0. The van der Waals surface area contributed by atoms with Crippen molar-refractivity contribution < 1.29 is 20.1 Å². The molecule has 0 aliphatic heterocycles. The summed E-state index contributed by atoms with van der Waals surface area (Å²) in [5.74, 6) is 1.89. The molecule has 0 saturated heterocycles. The van der Waals surface area contributed by atoms with Crippen molar-refractivity contribution >= 4 is 22.5 Å². The molecule has 1 aromatic heterocycles. The highest BCUT2D eigenvalue weighted by Crippen LogP contribution is 2.68. The van der Waals surface area contributed by atoms with Crippen LogP contribution in [0, 0.1) is 46.3 Å². The number of nitrogens with zero attached hydrogens (tertiary/aromatic N) is 1. The lowest BCUT2D eigenvalue weighted by atomic mass is 9.43. The number of benzene rings is 1. The van der Waals surface area contributed by atoms with E-state index in [2.05, 4.69) is 36.7 Å². The van der Waals surface area contributed by atoms with Crippen LogP contribution in [0.1, 0.15) is 78.6 Å². The van der Waals surface area contributed by atoms with Gasteiger partial charge in [0.25, 0.3) is 0 Å². The van der Waals surface area contributed by atoms with E-state index < -0.39 is 6.10 Å². The summed E-state index contributed by atoms with van der Waals surface area (Å²) in [5, 5.41) is 37.8. The number of anilines is 1. The monoisotopic (exact) mass is 536 g/mol. The first kappa shape index (κ1) is 27.3. The summed E-state index contributed by atoms with van der Waals surface area (Å²) in [5.41, 5.74) is 1.82. The molecule has 0 unspecified atom stereocenters. The van der Waals surface area contributed by atoms with Crippen LogP contribution >= 0.6 is 0 Å². The van der Waals surface area contributed by atoms with Crippen LogP contribution in [0.4, 0.5) is 5.69 Å². The van der Waals surface area contributed by atoms with Crippen molar-refractivity contribution in [3.8, 4) is 0 Å². The van der Waals surface area contributed by atoms with Gasteiger partial charge in [-0.15, -0.1) is 0 Å². The van der Waals surface area contributed by atoms with Crippen LogP contribution < -0.4 is 5.32 Å². The maximum atomic E-state index is 13.0. The minimum absolute atomic E-state index is 0.0447. The fraction of sp³-hybridized carbons (Fsp3) is 0.727. The molecule has 4 saturated carbocycles. The predicted molar refractivity (Wildman–Crippen MR) is 154 cm³/mol. The Morgan fingerprint density at radius 3 is 2.67 bits per heavy atom. The van der Waals surface area contributed by atoms with Crippen molar-refractivity contribution in [3.63, 3.8) is 0 Å². The Labute approximate surface area is 233 Å². The smallest absolute Gasteiger partial charge is 0.224 e. The second-order valence-corrected chi connectivity index (χ2v) is 14.3. The Morgan fingerprint density at radius 1 is 1.08 bits per heavy atom. The minimum atomic E-state index is -0.391. The van der Waals surface area contributed by atoms with E-state index in [0.29, 0.717) is 36.0 Å². The van der Waals surface area contributed by atoms with Crippen molar-refractivity contribution in [2.75, 3.05) is 5.32 Å². The SMILES string of the molecule is C[C@H](CCC(=O)Nc1cccc2c1ccn2C)[C@H]1CC[C@H]2[C@@H]3[C@H](O)C[C@@H]4C[C@H](O)CC[C@]4(C)[C@H]3C[C@H](O)[C@]12C. The number of carbonyl (C=O) groups excluding carboxylic acids is 1. The van der Waals surface area contributed by atoms with Gasteiger partial charge in [-0.1, -0.05) is 26.8 Å². The summed E-state index contributed by atoms with van der Waals surface area (Å²) in [6, 6.07) is 8.05. The van der Waals surface area contributed by atoms with Gasteiger partial charge in [-0.05, 0) is 116 Å². The fourth-order valence-corrected chi connectivity index (χ4v) is 10.3. The highest BCUT2D eigenvalue weighted by molar-refractivity contribution is 6.01. The lowest BCUT2D eigenvalue weighted by Crippen LogP contribution is -2.62. The molecule has 4 N–H and O–H groups in total. The average molecular weight is 537 g/mol. The third kappa shape index (κ3) is 4.28. The van der Waals surface area contributed by atoms with Crippen molar-refractivity contribution in [1.29, 1.82) is 0 Å². The summed E-state index contributed by atoms with van der Waals surface area (Å²) in [7, 11) is 2.01. The van der Waals surface area contributed by atoms with Gasteiger partial charge in [0.05, 0.1) is 24.0 Å². The van der Waals surface area contributed by atoms with E-state index in [0.717, 1.165) is 68.0 Å². The van der Waals surface area contributed by atoms with Gasteiger partial charge in [0.1, 0.15) is 0 Å². The molecule has 6 nitrogen and oxygen atoms in total. The standard InChI is InChI=1S/C33H48N2O4/c1-19(8-11-30(39)34-26-6-5-7-27-22(26)13-15-35(27)4)23-9-10-24-31-25(18-29(38)33(23,24)3)32(2)14-12-21(36)16-20(32)17-28(31)37/h5-7,13,15,19-21,23-25,28-29,31,36-38H,8-12,14,16-18H2,1-4H3,(H,34,39)/t19-,20+,21-,23-,24+,25+,28-,29+,31+,32+,33-/m1/s1. The first-order valence-corrected chi connectivity index (χ1v) is 15.4. The molecule has 4 aliphatic carbocycles. The van der Waals surface area contributed by atoms with E-state index in [1.807, 2.05) is 31.4 Å². The molecule has 2 aromatic rings. The second-order valence-electron chi connectivity index (χ2n) is 14.3. The highest BCUT2D eigenvalue weighted by Gasteiger charge is 2.65. The number of aryl methyl sites for hydroxylation is 1. The molecule has 1 aromatic carbocycles. The Balaban J connectivity index is 1.14. The summed E-state index contributed by atoms with van der Waals surface area (Å²) < 4.78 is 2.06. The molecule has 39 heavy (non-hydrogen) atoms. The predicted octanol–water partition coefficient (Wildman–Crippen LogP) is 5.49. The molecular weight excluding hydrogens is 488 g/mol. The quantitative estimate of drug-likeness (QED) is 0.406. The first-order valence-electron chi connectivity index (χ1n) is 15.4. The molecule has 11 atom stereocenters. The van der Waals surface area contributed by atoms with Gasteiger partial charge >= 0.3 is 0 Å². The first-order chi connectivity index (χ1) is 18.5. The van der Waals surface area contributed by atoms with Gasteiger partial charge in [0.2, 0.25) is 5.91 Å². The Kier molecular flexibility index (Phi) is 6.92. The maximum absolute atomic E-state index is 13.0. The number of fused-ring (bicyclic) bond motifs is 6. The normalized spacial score (nSPS) is 42.4. The van der Waals surface area contributed by atoms with Gasteiger partial charge in [-0.25, -0.2) is 0 Å². The summed E-state index contributed by atoms with van der Waals surface area (Å²) in [6.07, 6.45) is 8.54. The van der Waals surface area contributed by atoms with Crippen LogP contribution in [0.2, 0.25) is 0 Å². The zero-order valence-corrected chi connectivity index (χ0v) is 24.1. The molecule has 1 heterocycles. The minimum Gasteiger partial charge on any atom is -0.393 e. The third-order valence-electron chi connectivity index (χ3n) is 12.5. The lowest BCUT2D eigenvalue weighted by Gasteiger charge is -2.63. The number of nitrogens with one attached hydrogen (secondary N) is 1. The molecule has 6 heteroatoms. The van der Waals surface area contributed by atoms with Crippen molar-refractivity contribution in [2.45, 2.75) is 96.9 Å². The van der Waals surface area contributed by atoms with Crippen molar-refractivity contribution in [3.05, 3.63) is 30.5 Å². The number of carbonyl (C=O) groups is 1. The van der Waals surface area contributed by atoms with E-state index in [1.165, 1.54) is 0 Å². The summed E-state index contributed by atoms with van der Waals surface area (Å²) in [4.78, 5) is 13.0. The van der Waals surface area contributed by atoms with Gasteiger partial charge < -0.3 is 25.2 Å². The second kappa shape index (κ2) is 9.88. The van der Waals surface area contributed by atoms with E-state index in [4.69, 9.17) is 0 Å². The van der Waals surface area contributed by atoms with Gasteiger partial charge in [-0.3, -0.25) is 4.79 Å². The van der Waals surface area contributed by atoms with Crippen LogP contribution in [0.15, 0.2) is 30.5 Å². The molecule has 4 fully saturated rings. The van der Waals surface area contributed by atoms with E-state index >= 15 is 0 Å². The molecule has 1 amide bonds. The molecule has 0 spiro atoms. The molecule has 214 valence electrons. The molecule has 6 rings (SSSR count). The number of hydrogen-bond donors (Lipinski definition) is 4. The number of aliphatic hydroxyl groups excluding tert-OH is 3. The number of amides is 1. The van der Waals surface area contributed by atoms with Gasteiger partial charge in [0.15, 0.2) is 0 Å². The van der Waals surface area contributed by atoms with Gasteiger partial charge in [0, 0.05) is 30.6 Å². The highest BCUT2D eigenvalue weighted by atomic mass is 16.3. The summed E-state index contributed by atoms with van der Waals surface area (Å²) in [6.45, 7) is 6.93. The van der Waals surface area contributed by atoms with Crippen LogP contribution in [0.3, 0.4) is 0 Å². The number of rotatable bonds is 5. The zero-order chi connectivity index (χ0) is 27.7. The topological polar surface area (TPSA) is 94.7 Å². The number of aromatic nitrogens is 1.